The highest BCUT2D eigenvalue weighted by Crippen LogP contribution is 2.45. The smallest absolute Gasteiger partial charge is 0.304 e. The molecule has 0 spiro atoms. The lowest BCUT2D eigenvalue weighted by atomic mass is 9.88. The van der Waals surface area contributed by atoms with Gasteiger partial charge in [0.05, 0.1) is 6.42 Å². The number of carboxylic acid groups (broad SMARTS) is 1. The summed E-state index contributed by atoms with van der Waals surface area (Å²) in [5.74, 6) is 0.222. The molecule has 1 atom stereocenters. The van der Waals surface area contributed by atoms with Crippen LogP contribution in [0, 0.1) is 0 Å². The summed E-state index contributed by atoms with van der Waals surface area (Å²) < 4.78 is 6.08. The minimum atomic E-state index is -0.722. The van der Waals surface area contributed by atoms with Gasteiger partial charge in [-0.25, -0.2) is 0 Å². The average molecular weight is 289 g/mol. The van der Waals surface area contributed by atoms with Gasteiger partial charge in [0.2, 0.25) is 0 Å². The highest BCUT2D eigenvalue weighted by Gasteiger charge is 2.41. The molecule has 1 N–H and O–H groups in total. The maximum Gasteiger partial charge on any atom is 0.304 e. The van der Waals surface area contributed by atoms with Gasteiger partial charge in [-0.3, -0.25) is 9.69 Å². The molecule has 0 amide bonds. The first-order valence-corrected chi connectivity index (χ1v) is 7.72. The van der Waals surface area contributed by atoms with Crippen LogP contribution in [-0.4, -0.2) is 34.2 Å². The van der Waals surface area contributed by atoms with Crippen molar-refractivity contribution in [1.29, 1.82) is 0 Å². The number of carbonyl (C=O) groups is 1. The molecule has 114 valence electrons. The molecule has 1 unspecified atom stereocenters. The molecule has 0 aromatic heterocycles. The first kappa shape index (κ1) is 14.4. The van der Waals surface area contributed by atoms with Crippen molar-refractivity contribution < 1.29 is 14.6 Å². The van der Waals surface area contributed by atoms with Crippen LogP contribution in [0.3, 0.4) is 0 Å². The predicted octanol–water partition coefficient (Wildman–Crippen LogP) is 3.23. The molecule has 1 fully saturated rings. The van der Waals surface area contributed by atoms with Crippen molar-refractivity contribution >= 4 is 5.97 Å². The molecular formula is C17H23NO3. The van der Waals surface area contributed by atoms with E-state index < -0.39 is 5.97 Å². The maximum atomic E-state index is 11.0. The minimum Gasteiger partial charge on any atom is -0.487 e. The van der Waals surface area contributed by atoms with Gasteiger partial charge in [0.25, 0.3) is 0 Å². The monoisotopic (exact) mass is 289 g/mol. The Morgan fingerprint density at radius 3 is 2.76 bits per heavy atom. The molecule has 4 nitrogen and oxygen atoms in total. The third-order valence-electron chi connectivity index (χ3n) is 4.35. The Morgan fingerprint density at radius 1 is 1.38 bits per heavy atom. The highest BCUT2D eigenvalue weighted by molar-refractivity contribution is 5.66. The fourth-order valence-corrected chi connectivity index (χ4v) is 3.28. The lowest BCUT2D eigenvalue weighted by Crippen LogP contribution is -2.43. The second-order valence-electron chi connectivity index (χ2n) is 6.73. The molecule has 0 bridgehead atoms. The standard InChI is InChI=1S/C17H23NO3/c1-17(2)11-14(13-5-3-4-6-15(13)21-17)18(12-7-8-12)10-9-16(19)20/h3-6,12,14H,7-11H2,1-2H3,(H,19,20). The number of benzene rings is 1. The lowest BCUT2D eigenvalue weighted by molar-refractivity contribution is -0.137. The van der Waals surface area contributed by atoms with E-state index in [4.69, 9.17) is 9.84 Å². The van der Waals surface area contributed by atoms with E-state index in [1.54, 1.807) is 0 Å². The number of aliphatic carboxylic acids is 1. The number of rotatable bonds is 5. The number of hydrogen-bond donors (Lipinski definition) is 1. The number of ether oxygens (including phenoxy) is 1. The third-order valence-corrected chi connectivity index (χ3v) is 4.35. The fraction of sp³-hybridized carbons (Fsp3) is 0.588. The van der Waals surface area contributed by atoms with Gasteiger partial charge in [0, 0.05) is 30.6 Å². The lowest BCUT2D eigenvalue weighted by Gasteiger charge is -2.42. The van der Waals surface area contributed by atoms with Crippen LogP contribution in [0.2, 0.25) is 0 Å². The van der Waals surface area contributed by atoms with Gasteiger partial charge in [-0.1, -0.05) is 18.2 Å². The Labute approximate surface area is 125 Å². The summed E-state index contributed by atoms with van der Waals surface area (Å²) >= 11 is 0. The summed E-state index contributed by atoms with van der Waals surface area (Å²) in [4.78, 5) is 13.3. The Morgan fingerprint density at radius 2 is 2.10 bits per heavy atom. The normalized spacial score (nSPS) is 23.5. The number of para-hydroxylation sites is 1. The van der Waals surface area contributed by atoms with Crippen LogP contribution in [0.4, 0.5) is 0 Å². The van der Waals surface area contributed by atoms with Gasteiger partial charge in [-0.15, -0.1) is 0 Å². The van der Waals surface area contributed by atoms with E-state index in [-0.39, 0.29) is 18.1 Å². The number of nitrogens with zero attached hydrogens (tertiary/aromatic N) is 1. The summed E-state index contributed by atoms with van der Waals surface area (Å²) in [6.45, 7) is 4.84. The van der Waals surface area contributed by atoms with Gasteiger partial charge >= 0.3 is 5.97 Å². The molecule has 0 saturated heterocycles. The van der Waals surface area contributed by atoms with Gasteiger partial charge in [0.1, 0.15) is 11.4 Å². The molecule has 2 aliphatic rings. The van der Waals surface area contributed by atoms with Crippen molar-refractivity contribution in [2.45, 2.75) is 57.2 Å². The van der Waals surface area contributed by atoms with E-state index in [2.05, 4.69) is 24.8 Å². The zero-order valence-corrected chi connectivity index (χ0v) is 12.7. The van der Waals surface area contributed by atoms with Crippen molar-refractivity contribution in [3.05, 3.63) is 29.8 Å². The van der Waals surface area contributed by atoms with Gasteiger partial charge < -0.3 is 9.84 Å². The van der Waals surface area contributed by atoms with E-state index in [1.165, 1.54) is 18.4 Å². The Balaban J connectivity index is 1.89. The Bertz CT molecular complexity index is 537. The summed E-state index contributed by atoms with van der Waals surface area (Å²) in [5.41, 5.74) is 0.990. The topological polar surface area (TPSA) is 49.8 Å². The average Bonchev–Trinajstić information content (AvgIpc) is 3.22. The Hall–Kier alpha value is -1.55. The second-order valence-corrected chi connectivity index (χ2v) is 6.73. The van der Waals surface area contributed by atoms with Crippen LogP contribution < -0.4 is 4.74 Å². The molecule has 1 aromatic rings. The van der Waals surface area contributed by atoms with E-state index in [0.29, 0.717) is 12.6 Å². The Kier molecular flexibility index (Phi) is 3.66. The van der Waals surface area contributed by atoms with Crippen LogP contribution in [0.25, 0.3) is 0 Å². The third kappa shape index (κ3) is 3.21. The number of hydrogen-bond acceptors (Lipinski definition) is 3. The molecule has 21 heavy (non-hydrogen) atoms. The maximum absolute atomic E-state index is 11.0. The van der Waals surface area contributed by atoms with Crippen LogP contribution >= 0.6 is 0 Å². The summed E-state index contributed by atoms with van der Waals surface area (Å²) in [6.07, 6.45) is 3.47. The minimum absolute atomic E-state index is 0.205. The van der Waals surface area contributed by atoms with Gasteiger partial charge in [0.15, 0.2) is 0 Å². The van der Waals surface area contributed by atoms with Crippen molar-refractivity contribution in [3.8, 4) is 5.75 Å². The molecule has 1 aromatic carbocycles. The van der Waals surface area contributed by atoms with Crippen LogP contribution in [0.1, 0.15) is 51.1 Å². The first-order chi connectivity index (χ1) is 9.96. The fourth-order valence-electron chi connectivity index (χ4n) is 3.28. The van der Waals surface area contributed by atoms with E-state index >= 15 is 0 Å². The number of carboxylic acids is 1. The van der Waals surface area contributed by atoms with E-state index in [1.807, 2.05) is 18.2 Å². The quantitative estimate of drug-likeness (QED) is 0.904. The van der Waals surface area contributed by atoms with Gasteiger partial charge in [-0.05, 0) is 32.8 Å². The van der Waals surface area contributed by atoms with Crippen molar-refractivity contribution in [1.82, 2.24) is 4.90 Å². The van der Waals surface area contributed by atoms with E-state index in [9.17, 15) is 4.79 Å². The van der Waals surface area contributed by atoms with E-state index in [0.717, 1.165) is 12.2 Å². The molecule has 0 radical (unpaired) electrons. The first-order valence-electron chi connectivity index (χ1n) is 7.72. The van der Waals surface area contributed by atoms with Crippen LogP contribution in [-0.2, 0) is 4.79 Å². The molecule has 3 rings (SSSR count). The number of fused-ring (bicyclic) bond motifs is 1. The SMILES string of the molecule is CC1(C)CC(N(CCC(=O)O)C2CC2)c2ccccc2O1. The van der Waals surface area contributed by atoms with Gasteiger partial charge in [-0.2, -0.15) is 0 Å². The zero-order valence-electron chi connectivity index (χ0n) is 12.7. The van der Waals surface area contributed by atoms with Crippen LogP contribution in [0.15, 0.2) is 24.3 Å². The molecular weight excluding hydrogens is 266 g/mol. The van der Waals surface area contributed by atoms with Crippen molar-refractivity contribution in [2.75, 3.05) is 6.54 Å². The predicted molar refractivity (Wildman–Crippen MR) is 80.5 cm³/mol. The highest BCUT2D eigenvalue weighted by atomic mass is 16.5. The summed E-state index contributed by atoms with van der Waals surface area (Å²) in [5, 5.41) is 9.01. The summed E-state index contributed by atoms with van der Waals surface area (Å²) in [6, 6.07) is 8.97. The molecule has 1 aliphatic heterocycles. The molecule has 4 heteroatoms. The molecule has 1 heterocycles. The van der Waals surface area contributed by atoms with Crippen LogP contribution in [0.5, 0.6) is 5.75 Å². The second kappa shape index (κ2) is 5.34. The zero-order chi connectivity index (χ0) is 15.0. The summed E-state index contributed by atoms with van der Waals surface area (Å²) in [7, 11) is 0. The largest absolute Gasteiger partial charge is 0.487 e. The van der Waals surface area contributed by atoms with Crippen molar-refractivity contribution in [3.63, 3.8) is 0 Å². The molecule has 1 saturated carbocycles. The van der Waals surface area contributed by atoms with Crippen molar-refractivity contribution in [2.24, 2.45) is 0 Å². The molecule has 1 aliphatic carbocycles.